The van der Waals surface area contributed by atoms with Gasteiger partial charge in [0.25, 0.3) is 0 Å². The topological polar surface area (TPSA) is 22.1 Å². The molecule has 18 heavy (non-hydrogen) atoms. The van der Waals surface area contributed by atoms with Crippen molar-refractivity contribution in [1.82, 2.24) is 4.98 Å². The van der Waals surface area contributed by atoms with E-state index < -0.39 is 0 Å². The SMILES string of the molecule is CCc1ccccc1Oc1ncc(CBr)cc1C. The molecule has 0 aliphatic carbocycles. The van der Waals surface area contributed by atoms with Crippen LogP contribution in [0.15, 0.2) is 36.5 Å². The van der Waals surface area contributed by atoms with Crippen molar-refractivity contribution >= 4 is 15.9 Å². The number of para-hydroxylation sites is 1. The van der Waals surface area contributed by atoms with E-state index >= 15 is 0 Å². The van der Waals surface area contributed by atoms with Gasteiger partial charge in [0.1, 0.15) is 5.75 Å². The van der Waals surface area contributed by atoms with Crippen molar-refractivity contribution in [3.05, 3.63) is 53.2 Å². The van der Waals surface area contributed by atoms with Crippen LogP contribution in [0.25, 0.3) is 0 Å². The van der Waals surface area contributed by atoms with Crippen LogP contribution in [0.2, 0.25) is 0 Å². The zero-order chi connectivity index (χ0) is 13.0. The minimum atomic E-state index is 0.681. The predicted molar refractivity (Wildman–Crippen MR) is 77.5 cm³/mol. The van der Waals surface area contributed by atoms with E-state index in [-0.39, 0.29) is 0 Å². The Balaban J connectivity index is 2.28. The van der Waals surface area contributed by atoms with Crippen molar-refractivity contribution in [2.24, 2.45) is 0 Å². The van der Waals surface area contributed by atoms with Gasteiger partial charge in [0.2, 0.25) is 5.88 Å². The Kier molecular flexibility index (Phi) is 4.37. The highest BCUT2D eigenvalue weighted by Gasteiger charge is 2.07. The summed E-state index contributed by atoms with van der Waals surface area (Å²) in [4.78, 5) is 4.37. The van der Waals surface area contributed by atoms with E-state index in [1.807, 2.05) is 31.3 Å². The molecule has 0 amide bonds. The van der Waals surface area contributed by atoms with E-state index in [1.54, 1.807) is 0 Å². The maximum absolute atomic E-state index is 5.90. The van der Waals surface area contributed by atoms with Crippen molar-refractivity contribution < 1.29 is 4.74 Å². The molecule has 1 aromatic carbocycles. The Bertz CT molecular complexity index is 540. The molecule has 2 rings (SSSR count). The minimum absolute atomic E-state index is 0.681. The van der Waals surface area contributed by atoms with Crippen LogP contribution < -0.4 is 4.74 Å². The first-order valence-corrected chi connectivity index (χ1v) is 7.14. The minimum Gasteiger partial charge on any atom is -0.438 e. The molecule has 0 spiro atoms. The molecule has 0 fully saturated rings. The largest absolute Gasteiger partial charge is 0.438 e. The summed E-state index contributed by atoms with van der Waals surface area (Å²) in [5.41, 5.74) is 3.41. The number of benzene rings is 1. The summed E-state index contributed by atoms with van der Waals surface area (Å²) in [6.45, 7) is 4.14. The molecule has 2 aromatic rings. The molecule has 0 unspecified atom stereocenters. The summed E-state index contributed by atoms with van der Waals surface area (Å²) in [6.07, 6.45) is 2.79. The monoisotopic (exact) mass is 305 g/mol. The quantitative estimate of drug-likeness (QED) is 0.768. The molecular weight excluding hydrogens is 290 g/mol. The first-order chi connectivity index (χ1) is 8.74. The molecule has 0 bridgehead atoms. The number of aryl methyl sites for hydroxylation is 2. The number of alkyl halides is 1. The zero-order valence-electron chi connectivity index (χ0n) is 10.6. The van der Waals surface area contributed by atoms with E-state index in [4.69, 9.17) is 4.74 Å². The summed E-state index contributed by atoms with van der Waals surface area (Å²) < 4.78 is 5.90. The van der Waals surface area contributed by atoms with Crippen molar-refractivity contribution in [2.45, 2.75) is 25.6 Å². The van der Waals surface area contributed by atoms with Crippen LogP contribution >= 0.6 is 15.9 Å². The maximum Gasteiger partial charge on any atom is 0.222 e. The molecule has 1 aromatic heterocycles. The first-order valence-electron chi connectivity index (χ1n) is 6.01. The standard InChI is InChI=1S/C15H16BrNO/c1-3-13-6-4-5-7-14(13)18-15-11(2)8-12(9-16)10-17-15/h4-8,10H,3,9H2,1-2H3. The van der Waals surface area contributed by atoms with Crippen LogP contribution in [-0.2, 0) is 11.8 Å². The van der Waals surface area contributed by atoms with Gasteiger partial charge in [-0.15, -0.1) is 0 Å². The molecule has 2 nitrogen and oxygen atoms in total. The van der Waals surface area contributed by atoms with Crippen LogP contribution in [0, 0.1) is 6.92 Å². The van der Waals surface area contributed by atoms with Crippen LogP contribution in [0.4, 0.5) is 0 Å². The summed E-state index contributed by atoms with van der Waals surface area (Å²) in [7, 11) is 0. The molecule has 3 heteroatoms. The Hall–Kier alpha value is -1.35. The fourth-order valence-electron chi connectivity index (χ4n) is 1.80. The molecule has 0 radical (unpaired) electrons. The van der Waals surface area contributed by atoms with E-state index in [0.29, 0.717) is 5.88 Å². The van der Waals surface area contributed by atoms with Gasteiger partial charge >= 0.3 is 0 Å². The maximum atomic E-state index is 5.90. The number of pyridine rings is 1. The zero-order valence-corrected chi connectivity index (χ0v) is 12.2. The molecule has 94 valence electrons. The third-order valence-corrected chi connectivity index (χ3v) is 3.45. The molecule has 0 N–H and O–H groups in total. The number of halogens is 1. The summed E-state index contributed by atoms with van der Waals surface area (Å²) >= 11 is 3.43. The number of aromatic nitrogens is 1. The molecule has 1 heterocycles. The number of ether oxygens (including phenoxy) is 1. The van der Waals surface area contributed by atoms with Crippen molar-refractivity contribution in [3.63, 3.8) is 0 Å². The fraction of sp³-hybridized carbons (Fsp3) is 0.267. The lowest BCUT2D eigenvalue weighted by molar-refractivity contribution is 0.453. The van der Waals surface area contributed by atoms with E-state index in [2.05, 4.69) is 40.0 Å². The Morgan fingerprint density at radius 2 is 2.06 bits per heavy atom. The summed E-state index contributed by atoms with van der Waals surface area (Å²) in [6, 6.07) is 10.2. The average molecular weight is 306 g/mol. The molecule has 0 aliphatic heterocycles. The van der Waals surface area contributed by atoms with Gasteiger partial charge < -0.3 is 4.74 Å². The average Bonchev–Trinajstić information content (AvgIpc) is 2.41. The highest BCUT2D eigenvalue weighted by Crippen LogP contribution is 2.27. The smallest absolute Gasteiger partial charge is 0.222 e. The van der Waals surface area contributed by atoms with Gasteiger partial charge in [0.15, 0.2) is 0 Å². The van der Waals surface area contributed by atoms with Gasteiger partial charge in [-0.1, -0.05) is 41.1 Å². The van der Waals surface area contributed by atoms with Gasteiger partial charge in [0, 0.05) is 17.1 Å². The van der Waals surface area contributed by atoms with Gasteiger partial charge in [0.05, 0.1) is 0 Å². The predicted octanol–water partition coefficient (Wildman–Crippen LogP) is 4.64. The highest BCUT2D eigenvalue weighted by molar-refractivity contribution is 9.08. The number of rotatable bonds is 4. The van der Waals surface area contributed by atoms with Gasteiger partial charge in [-0.3, -0.25) is 0 Å². The van der Waals surface area contributed by atoms with Crippen LogP contribution in [0.3, 0.4) is 0 Å². The lowest BCUT2D eigenvalue weighted by atomic mass is 10.1. The Labute approximate surface area is 116 Å². The number of nitrogens with zero attached hydrogens (tertiary/aromatic N) is 1. The summed E-state index contributed by atoms with van der Waals surface area (Å²) in [5, 5.41) is 0.812. The third kappa shape index (κ3) is 2.91. The lowest BCUT2D eigenvalue weighted by Crippen LogP contribution is -1.95. The van der Waals surface area contributed by atoms with Gasteiger partial charge in [-0.25, -0.2) is 4.98 Å². The van der Waals surface area contributed by atoms with E-state index in [0.717, 1.165) is 28.6 Å². The Morgan fingerprint density at radius 1 is 1.28 bits per heavy atom. The number of hydrogen-bond acceptors (Lipinski definition) is 2. The molecule has 0 saturated carbocycles. The second-order valence-corrected chi connectivity index (χ2v) is 4.72. The third-order valence-electron chi connectivity index (χ3n) is 2.80. The second-order valence-electron chi connectivity index (χ2n) is 4.16. The van der Waals surface area contributed by atoms with Crippen LogP contribution in [0.5, 0.6) is 11.6 Å². The normalized spacial score (nSPS) is 10.4. The van der Waals surface area contributed by atoms with Crippen molar-refractivity contribution in [1.29, 1.82) is 0 Å². The lowest BCUT2D eigenvalue weighted by Gasteiger charge is -2.11. The van der Waals surface area contributed by atoms with Gasteiger partial charge in [-0.2, -0.15) is 0 Å². The van der Waals surface area contributed by atoms with Gasteiger partial charge in [-0.05, 0) is 36.6 Å². The number of hydrogen-bond donors (Lipinski definition) is 0. The second kappa shape index (κ2) is 6.01. The van der Waals surface area contributed by atoms with Crippen LogP contribution in [0.1, 0.15) is 23.6 Å². The molecule has 0 atom stereocenters. The van der Waals surface area contributed by atoms with Crippen LogP contribution in [-0.4, -0.2) is 4.98 Å². The first kappa shape index (κ1) is 13.1. The fourth-order valence-corrected chi connectivity index (χ4v) is 2.11. The highest BCUT2D eigenvalue weighted by atomic mass is 79.9. The van der Waals surface area contributed by atoms with E-state index in [1.165, 1.54) is 5.56 Å². The van der Waals surface area contributed by atoms with Crippen molar-refractivity contribution in [3.8, 4) is 11.6 Å². The Morgan fingerprint density at radius 3 is 2.72 bits per heavy atom. The van der Waals surface area contributed by atoms with E-state index in [9.17, 15) is 0 Å². The molecule has 0 saturated heterocycles. The summed E-state index contributed by atoms with van der Waals surface area (Å²) in [5.74, 6) is 1.57. The molecular formula is C15H16BrNO. The van der Waals surface area contributed by atoms with Crippen molar-refractivity contribution in [2.75, 3.05) is 0 Å². The molecule has 0 aliphatic rings.